The van der Waals surface area contributed by atoms with Crippen LogP contribution in [-0.2, 0) is 16.0 Å². The van der Waals surface area contributed by atoms with Crippen molar-refractivity contribution in [3.8, 4) is 0 Å². The Hall–Kier alpha value is -1.84. The summed E-state index contributed by atoms with van der Waals surface area (Å²) >= 11 is 0. The van der Waals surface area contributed by atoms with Gasteiger partial charge in [-0.2, -0.15) is 0 Å². The molecular formula is C32H47NO3. The molecule has 1 aromatic rings. The van der Waals surface area contributed by atoms with Gasteiger partial charge in [0, 0.05) is 12.8 Å². The molecule has 1 aromatic carbocycles. The summed E-state index contributed by atoms with van der Waals surface area (Å²) in [6.45, 7) is 5.24. The lowest BCUT2D eigenvalue weighted by atomic mass is 9.45. The molecule has 36 heavy (non-hydrogen) atoms. The van der Waals surface area contributed by atoms with E-state index >= 15 is 0 Å². The van der Waals surface area contributed by atoms with E-state index in [4.69, 9.17) is 0 Å². The lowest BCUT2D eigenvalue weighted by Gasteiger charge is -2.60. The fourth-order valence-electron chi connectivity index (χ4n) is 9.70. The Labute approximate surface area is 218 Å². The van der Waals surface area contributed by atoms with Crippen molar-refractivity contribution in [2.45, 2.75) is 110 Å². The zero-order chi connectivity index (χ0) is 25.3. The summed E-state index contributed by atoms with van der Waals surface area (Å²) in [5, 5.41) is 12.4. The van der Waals surface area contributed by atoms with Crippen LogP contribution < -0.4 is 5.32 Å². The third kappa shape index (κ3) is 4.86. The van der Waals surface area contributed by atoms with E-state index in [1.165, 1.54) is 64.2 Å². The Morgan fingerprint density at radius 2 is 1.72 bits per heavy atom. The second-order valence-corrected chi connectivity index (χ2v) is 13.3. The number of carboxylic acids is 1. The van der Waals surface area contributed by atoms with Gasteiger partial charge in [0.15, 0.2) is 0 Å². The predicted molar refractivity (Wildman–Crippen MR) is 143 cm³/mol. The van der Waals surface area contributed by atoms with Gasteiger partial charge in [0.2, 0.25) is 5.91 Å². The summed E-state index contributed by atoms with van der Waals surface area (Å²) in [4.78, 5) is 24.4. The minimum Gasteiger partial charge on any atom is -0.480 e. The van der Waals surface area contributed by atoms with Gasteiger partial charge >= 0.3 is 5.97 Å². The minimum atomic E-state index is -0.962. The topological polar surface area (TPSA) is 66.4 Å². The molecule has 4 saturated carbocycles. The van der Waals surface area contributed by atoms with Crippen LogP contribution in [0.3, 0.4) is 0 Å². The maximum absolute atomic E-state index is 12.7. The van der Waals surface area contributed by atoms with Crippen LogP contribution in [0.1, 0.15) is 103 Å². The van der Waals surface area contributed by atoms with Crippen molar-refractivity contribution in [1.82, 2.24) is 5.32 Å². The van der Waals surface area contributed by atoms with E-state index in [1.54, 1.807) is 0 Å². The average molecular weight is 494 g/mol. The van der Waals surface area contributed by atoms with Crippen LogP contribution in [0.5, 0.6) is 0 Å². The molecule has 4 nitrogen and oxygen atoms in total. The molecule has 0 bridgehead atoms. The molecule has 0 heterocycles. The fourth-order valence-corrected chi connectivity index (χ4v) is 9.70. The molecule has 2 N–H and O–H groups in total. The summed E-state index contributed by atoms with van der Waals surface area (Å²) in [6, 6.07) is 8.68. The molecule has 0 spiro atoms. The van der Waals surface area contributed by atoms with Gasteiger partial charge in [0.1, 0.15) is 6.04 Å². The number of carbonyl (C=O) groups excluding carboxylic acids is 1. The summed E-state index contributed by atoms with van der Waals surface area (Å²) < 4.78 is 0. The predicted octanol–water partition coefficient (Wildman–Crippen LogP) is 7.02. The lowest BCUT2D eigenvalue weighted by Crippen LogP contribution is -2.52. The number of benzene rings is 1. The Balaban J connectivity index is 1.14. The van der Waals surface area contributed by atoms with E-state index in [0.717, 1.165) is 42.1 Å². The number of nitrogens with one attached hydrogen (secondary N) is 1. The third-order valence-electron chi connectivity index (χ3n) is 11.7. The number of carboxylic acid groups (broad SMARTS) is 1. The van der Waals surface area contributed by atoms with E-state index < -0.39 is 12.0 Å². The molecule has 8 unspecified atom stereocenters. The first-order valence-electron chi connectivity index (χ1n) is 14.9. The van der Waals surface area contributed by atoms with Gasteiger partial charge < -0.3 is 10.4 Å². The molecule has 4 fully saturated rings. The Morgan fingerprint density at radius 1 is 0.944 bits per heavy atom. The van der Waals surface area contributed by atoms with Crippen LogP contribution in [0.4, 0.5) is 0 Å². The van der Waals surface area contributed by atoms with Crippen molar-refractivity contribution in [3.63, 3.8) is 0 Å². The molecule has 4 aliphatic rings. The Bertz CT molecular complexity index is 931. The average Bonchev–Trinajstić information content (AvgIpc) is 3.20. The van der Waals surface area contributed by atoms with E-state index in [0.29, 0.717) is 29.6 Å². The number of aliphatic carboxylic acids is 1. The first-order chi connectivity index (χ1) is 17.3. The fraction of sp³-hybridized carbons (Fsp3) is 0.750. The molecule has 0 radical (unpaired) electrons. The van der Waals surface area contributed by atoms with Gasteiger partial charge in [-0.3, -0.25) is 4.79 Å². The van der Waals surface area contributed by atoms with Gasteiger partial charge in [-0.15, -0.1) is 0 Å². The Morgan fingerprint density at radius 3 is 2.50 bits per heavy atom. The van der Waals surface area contributed by atoms with Crippen molar-refractivity contribution in [3.05, 3.63) is 35.9 Å². The number of carbonyl (C=O) groups is 2. The molecule has 5 rings (SSSR count). The normalized spacial score (nSPS) is 38.3. The van der Waals surface area contributed by atoms with Crippen molar-refractivity contribution in [1.29, 1.82) is 0 Å². The maximum Gasteiger partial charge on any atom is 0.326 e. The summed E-state index contributed by atoms with van der Waals surface area (Å²) in [5.41, 5.74) is 1.97. The van der Waals surface area contributed by atoms with E-state index in [9.17, 15) is 14.7 Å². The van der Waals surface area contributed by atoms with Crippen molar-refractivity contribution < 1.29 is 14.7 Å². The summed E-state index contributed by atoms with van der Waals surface area (Å²) in [7, 11) is 0. The van der Waals surface area contributed by atoms with Crippen LogP contribution in [0.25, 0.3) is 0 Å². The Kier molecular flexibility index (Phi) is 7.52. The zero-order valence-corrected chi connectivity index (χ0v) is 22.5. The highest BCUT2D eigenvalue weighted by Crippen LogP contribution is 2.67. The van der Waals surface area contributed by atoms with E-state index in [2.05, 4.69) is 19.2 Å². The van der Waals surface area contributed by atoms with Crippen LogP contribution in [0.15, 0.2) is 30.3 Å². The lowest BCUT2D eigenvalue weighted by molar-refractivity contribution is -0.141. The number of fused-ring (bicyclic) bond motifs is 5. The minimum absolute atomic E-state index is 0.120. The highest BCUT2D eigenvalue weighted by molar-refractivity contribution is 5.83. The SMILES string of the molecule is CC12CCCCC1CCC1C2CCC2(C)C(CCCC(=O)NC(Cc3ccccc3)C(=O)O)CCC12. The third-order valence-corrected chi connectivity index (χ3v) is 11.7. The molecule has 0 aromatic heterocycles. The van der Waals surface area contributed by atoms with Gasteiger partial charge in [0.05, 0.1) is 0 Å². The maximum atomic E-state index is 12.7. The zero-order valence-electron chi connectivity index (χ0n) is 22.5. The molecule has 8 atom stereocenters. The molecule has 198 valence electrons. The molecule has 0 aliphatic heterocycles. The van der Waals surface area contributed by atoms with Crippen molar-refractivity contribution in [2.75, 3.05) is 0 Å². The van der Waals surface area contributed by atoms with Crippen LogP contribution in [0, 0.1) is 40.4 Å². The van der Waals surface area contributed by atoms with Crippen molar-refractivity contribution in [2.24, 2.45) is 40.4 Å². The number of amides is 1. The van der Waals surface area contributed by atoms with E-state index in [-0.39, 0.29) is 5.91 Å². The largest absolute Gasteiger partial charge is 0.480 e. The summed E-state index contributed by atoms with van der Waals surface area (Å²) in [5.74, 6) is 3.35. The van der Waals surface area contributed by atoms with E-state index in [1.807, 2.05) is 30.3 Å². The van der Waals surface area contributed by atoms with Crippen LogP contribution in [-0.4, -0.2) is 23.0 Å². The van der Waals surface area contributed by atoms with Crippen molar-refractivity contribution >= 4 is 11.9 Å². The number of rotatable bonds is 8. The molecular weight excluding hydrogens is 446 g/mol. The molecule has 0 saturated heterocycles. The number of hydrogen-bond acceptors (Lipinski definition) is 2. The first kappa shape index (κ1) is 25.8. The van der Waals surface area contributed by atoms with Crippen LogP contribution in [0.2, 0.25) is 0 Å². The number of hydrogen-bond donors (Lipinski definition) is 2. The van der Waals surface area contributed by atoms with Gasteiger partial charge in [-0.1, -0.05) is 57.0 Å². The highest BCUT2D eigenvalue weighted by atomic mass is 16.4. The second-order valence-electron chi connectivity index (χ2n) is 13.3. The van der Waals surface area contributed by atoms with Gasteiger partial charge in [-0.25, -0.2) is 4.79 Å². The highest BCUT2D eigenvalue weighted by Gasteiger charge is 2.59. The molecule has 4 aliphatic carbocycles. The first-order valence-corrected chi connectivity index (χ1v) is 14.9. The second kappa shape index (κ2) is 10.5. The van der Waals surface area contributed by atoms with Gasteiger partial charge in [0.25, 0.3) is 0 Å². The quantitative estimate of drug-likeness (QED) is 0.409. The van der Waals surface area contributed by atoms with Gasteiger partial charge in [-0.05, 0) is 110 Å². The molecule has 1 amide bonds. The van der Waals surface area contributed by atoms with Crippen LogP contribution >= 0.6 is 0 Å². The standard InChI is InChI=1S/C32H47NO3/c1-31-19-7-6-11-23(31)14-16-25-26-17-15-24(32(26,2)20-18-27(25)31)12-8-13-29(34)33-28(30(35)36)21-22-9-4-3-5-10-22/h3-5,9-10,23-28H,6-8,11-21H2,1-2H3,(H,33,34)(H,35,36). The molecule has 4 heteroatoms. The smallest absolute Gasteiger partial charge is 0.326 e. The monoisotopic (exact) mass is 493 g/mol. The summed E-state index contributed by atoms with van der Waals surface area (Å²) in [6.07, 6.45) is 17.0.